The van der Waals surface area contributed by atoms with E-state index in [-0.39, 0.29) is 0 Å². The Morgan fingerprint density at radius 2 is 2.14 bits per heavy atom. The van der Waals surface area contributed by atoms with Gasteiger partial charge in [0.05, 0.1) is 0 Å². The van der Waals surface area contributed by atoms with Gasteiger partial charge < -0.3 is 0 Å². The molecule has 14 heavy (non-hydrogen) atoms. The van der Waals surface area contributed by atoms with Crippen LogP contribution in [0.25, 0.3) is 10.1 Å². The first-order chi connectivity index (χ1) is 6.76. The fourth-order valence-electron chi connectivity index (χ4n) is 1.51. The third-order valence-electron chi connectivity index (χ3n) is 2.28. The van der Waals surface area contributed by atoms with Gasteiger partial charge in [-0.25, -0.2) is 0 Å². The van der Waals surface area contributed by atoms with Crippen LogP contribution in [-0.4, -0.2) is 0 Å². The van der Waals surface area contributed by atoms with E-state index in [0.717, 1.165) is 11.8 Å². The summed E-state index contributed by atoms with van der Waals surface area (Å²) in [6.45, 7) is 2.18. The first-order valence-corrected chi connectivity index (χ1v) is 7.25. The van der Waals surface area contributed by atoms with Crippen molar-refractivity contribution in [3.63, 3.8) is 0 Å². The molecule has 0 spiro atoms. The normalized spacial score (nSPS) is 11.1. The van der Waals surface area contributed by atoms with Crippen molar-refractivity contribution in [1.82, 2.24) is 0 Å². The van der Waals surface area contributed by atoms with Crippen molar-refractivity contribution in [2.75, 3.05) is 0 Å². The average molecular weight is 334 g/mol. The lowest BCUT2D eigenvalue weighted by Gasteiger charge is -2.01. The smallest absolute Gasteiger partial charge is 0.0377 e. The quantitative estimate of drug-likeness (QED) is 0.669. The van der Waals surface area contributed by atoms with Gasteiger partial charge in [0, 0.05) is 24.8 Å². The van der Waals surface area contributed by atoms with Crippen LogP contribution in [0.2, 0.25) is 0 Å². The molecule has 0 aliphatic rings. The zero-order valence-corrected chi connectivity index (χ0v) is 11.8. The Hall–Kier alpha value is 0.140. The Bertz CT molecular complexity index is 460. The van der Waals surface area contributed by atoms with Crippen LogP contribution in [0.5, 0.6) is 0 Å². The maximum atomic E-state index is 3.68. The van der Waals surface area contributed by atoms with E-state index in [2.05, 4.69) is 57.0 Å². The van der Waals surface area contributed by atoms with Gasteiger partial charge in [-0.05, 0) is 40.0 Å². The molecule has 74 valence electrons. The molecule has 0 saturated heterocycles. The number of aryl methyl sites for hydroxylation is 1. The van der Waals surface area contributed by atoms with Gasteiger partial charge in [-0.1, -0.05) is 28.9 Å². The molecule has 0 amide bonds. The Morgan fingerprint density at radius 3 is 2.79 bits per heavy atom. The van der Waals surface area contributed by atoms with Gasteiger partial charge in [0.1, 0.15) is 0 Å². The van der Waals surface area contributed by atoms with Gasteiger partial charge in [-0.3, -0.25) is 0 Å². The van der Waals surface area contributed by atoms with Crippen LogP contribution in [0.3, 0.4) is 0 Å². The highest BCUT2D eigenvalue weighted by Gasteiger charge is 2.07. The highest BCUT2D eigenvalue weighted by Crippen LogP contribution is 2.34. The Labute approximate surface area is 105 Å². The van der Waals surface area contributed by atoms with Crippen LogP contribution in [0.1, 0.15) is 17.4 Å². The molecular weight excluding hydrogens is 324 g/mol. The Morgan fingerprint density at radius 1 is 1.36 bits per heavy atom. The Kier molecular flexibility index (Phi) is 3.30. The van der Waals surface area contributed by atoms with Crippen LogP contribution < -0.4 is 0 Å². The van der Waals surface area contributed by atoms with Crippen LogP contribution in [0.15, 0.2) is 22.7 Å². The van der Waals surface area contributed by atoms with Gasteiger partial charge in [0.15, 0.2) is 0 Å². The second kappa shape index (κ2) is 4.33. The van der Waals surface area contributed by atoms with Crippen LogP contribution in [-0.2, 0) is 11.8 Å². The molecule has 0 saturated carbocycles. The molecule has 0 aliphatic carbocycles. The molecule has 0 nitrogen and oxygen atoms in total. The Balaban J connectivity index is 2.68. The molecule has 0 bridgehead atoms. The molecule has 0 unspecified atom stereocenters. The highest BCUT2D eigenvalue weighted by molar-refractivity contribution is 9.10. The molecule has 0 aliphatic heterocycles. The van der Waals surface area contributed by atoms with Gasteiger partial charge in [-0.2, -0.15) is 0 Å². The van der Waals surface area contributed by atoms with E-state index in [1.54, 1.807) is 0 Å². The minimum absolute atomic E-state index is 0.945. The molecule has 0 N–H and O–H groups in total. The van der Waals surface area contributed by atoms with Crippen molar-refractivity contribution in [3.05, 3.63) is 33.1 Å². The largest absolute Gasteiger partial charge is 0.139 e. The molecule has 1 aromatic heterocycles. The van der Waals surface area contributed by atoms with E-state index >= 15 is 0 Å². The van der Waals surface area contributed by atoms with Crippen molar-refractivity contribution < 1.29 is 0 Å². The lowest BCUT2D eigenvalue weighted by molar-refractivity contribution is 1.14. The number of benzene rings is 1. The minimum atomic E-state index is 0.945. The molecule has 1 aromatic carbocycles. The fraction of sp³-hybridized carbons (Fsp3) is 0.273. The van der Waals surface area contributed by atoms with E-state index in [4.69, 9.17) is 0 Å². The van der Waals surface area contributed by atoms with Gasteiger partial charge in [0.25, 0.3) is 0 Å². The summed E-state index contributed by atoms with van der Waals surface area (Å²) in [6.07, 6.45) is 1.08. The number of halogens is 2. The van der Waals surface area contributed by atoms with E-state index < -0.39 is 0 Å². The molecule has 3 heteroatoms. The number of hydrogen-bond acceptors (Lipinski definition) is 1. The van der Waals surface area contributed by atoms with E-state index in [1.165, 1.54) is 25.0 Å². The number of fused-ring (bicyclic) bond motifs is 1. The van der Waals surface area contributed by atoms with Gasteiger partial charge in [-0.15, -0.1) is 11.3 Å². The maximum absolute atomic E-state index is 3.68. The molecule has 1 heterocycles. The predicted molar refractivity (Wildman–Crippen MR) is 71.5 cm³/mol. The third-order valence-corrected chi connectivity index (χ3v) is 5.29. The van der Waals surface area contributed by atoms with Crippen molar-refractivity contribution >= 4 is 53.3 Å². The lowest BCUT2D eigenvalue weighted by atomic mass is 10.1. The summed E-state index contributed by atoms with van der Waals surface area (Å²) in [4.78, 5) is 1.38. The summed E-state index contributed by atoms with van der Waals surface area (Å²) in [6, 6.07) is 6.69. The maximum Gasteiger partial charge on any atom is 0.0377 e. The van der Waals surface area contributed by atoms with Crippen molar-refractivity contribution in [2.45, 2.75) is 18.7 Å². The van der Waals surface area contributed by atoms with E-state index in [1.807, 2.05) is 11.3 Å². The zero-order valence-electron chi connectivity index (χ0n) is 7.81. The molecule has 0 atom stereocenters. The average Bonchev–Trinajstić information content (AvgIpc) is 2.62. The van der Waals surface area contributed by atoms with Gasteiger partial charge >= 0.3 is 0 Å². The highest BCUT2D eigenvalue weighted by atomic mass is 79.9. The standard InChI is InChI=1S/C11H10Br2S/c1-2-7-3-4-10-9(11(7)13)5-8(6-12)14-10/h3-5H,2,6H2,1H3. The molecular formula is C11H10Br2S. The molecule has 2 rings (SSSR count). The first kappa shape index (κ1) is 10.7. The molecule has 2 aromatic rings. The van der Waals surface area contributed by atoms with E-state index in [0.29, 0.717) is 0 Å². The van der Waals surface area contributed by atoms with Crippen LogP contribution >= 0.6 is 43.2 Å². The number of hydrogen-bond donors (Lipinski definition) is 0. The summed E-state index contributed by atoms with van der Waals surface area (Å²) in [5.41, 5.74) is 1.39. The van der Waals surface area contributed by atoms with Crippen molar-refractivity contribution in [1.29, 1.82) is 0 Å². The minimum Gasteiger partial charge on any atom is -0.139 e. The summed E-state index contributed by atoms with van der Waals surface area (Å²) in [5.74, 6) is 0. The van der Waals surface area contributed by atoms with Crippen LogP contribution in [0.4, 0.5) is 0 Å². The van der Waals surface area contributed by atoms with E-state index in [9.17, 15) is 0 Å². The number of thiophene rings is 1. The van der Waals surface area contributed by atoms with Crippen molar-refractivity contribution in [2.24, 2.45) is 0 Å². The summed E-state index contributed by atoms with van der Waals surface area (Å²) in [5, 5.41) is 2.30. The zero-order chi connectivity index (χ0) is 10.1. The summed E-state index contributed by atoms with van der Waals surface area (Å²) < 4.78 is 2.63. The molecule has 0 radical (unpaired) electrons. The second-order valence-electron chi connectivity index (χ2n) is 3.15. The van der Waals surface area contributed by atoms with Crippen LogP contribution in [0, 0.1) is 0 Å². The summed E-state index contributed by atoms with van der Waals surface area (Å²) >= 11 is 9.02. The lowest BCUT2D eigenvalue weighted by Crippen LogP contribution is -1.81. The number of alkyl halides is 1. The van der Waals surface area contributed by atoms with Crippen molar-refractivity contribution in [3.8, 4) is 0 Å². The monoisotopic (exact) mass is 332 g/mol. The number of rotatable bonds is 2. The first-order valence-electron chi connectivity index (χ1n) is 4.52. The topological polar surface area (TPSA) is 0 Å². The SMILES string of the molecule is CCc1ccc2sc(CBr)cc2c1Br. The fourth-order valence-corrected chi connectivity index (χ4v) is 3.81. The molecule has 0 fully saturated rings. The third kappa shape index (κ3) is 1.77. The predicted octanol–water partition coefficient (Wildman–Crippen LogP) is 5.12. The second-order valence-corrected chi connectivity index (χ2v) is 5.67. The summed E-state index contributed by atoms with van der Waals surface area (Å²) in [7, 11) is 0. The van der Waals surface area contributed by atoms with Gasteiger partial charge in [0.2, 0.25) is 0 Å².